The van der Waals surface area contributed by atoms with Crippen LogP contribution in [-0.2, 0) is 18.3 Å². The predicted octanol–water partition coefficient (Wildman–Crippen LogP) is 3.11. The number of furan rings is 1. The van der Waals surface area contributed by atoms with Crippen LogP contribution in [-0.4, -0.2) is 22.0 Å². The number of nitrogens with zero attached hydrogens (tertiary/aromatic N) is 2. The number of rotatable bonds is 6. The molecule has 3 aromatic heterocycles. The third kappa shape index (κ3) is 3.98. The van der Waals surface area contributed by atoms with Crippen LogP contribution >= 0.6 is 11.3 Å². The van der Waals surface area contributed by atoms with Crippen LogP contribution in [0.2, 0.25) is 0 Å². The molecule has 0 aliphatic heterocycles. The Balaban J connectivity index is 1.52. The van der Waals surface area contributed by atoms with Gasteiger partial charge in [-0.2, -0.15) is 0 Å². The van der Waals surface area contributed by atoms with E-state index in [4.69, 9.17) is 4.42 Å². The maximum atomic E-state index is 11.7. The highest BCUT2D eigenvalue weighted by atomic mass is 32.1. The molecule has 0 unspecified atom stereocenters. The van der Waals surface area contributed by atoms with Gasteiger partial charge in [0, 0.05) is 32.3 Å². The topological polar surface area (TPSA) is 60.1 Å². The Morgan fingerprint density at radius 1 is 1.43 bits per heavy atom. The van der Waals surface area contributed by atoms with E-state index in [1.165, 1.54) is 6.08 Å². The molecule has 3 aromatic rings. The molecule has 0 aromatic carbocycles. The van der Waals surface area contributed by atoms with E-state index in [-0.39, 0.29) is 5.91 Å². The zero-order chi connectivity index (χ0) is 16.1. The van der Waals surface area contributed by atoms with E-state index < -0.39 is 0 Å². The van der Waals surface area contributed by atoms with Crippen molar-refractivity contribution in [3.63, 3.8) is 0 Å². The zero-order valence-corrected chi connectivity index (χ0v) is 13.5. The summed E-state index contributed by atoms with van der Waals surface area (Å²) in [6.45, 7) is 0.538. The molecule has 6 heteroatoms. The molecule has 1 amide bonds. The lowest BCUT2D eigenvalue weighted by Crippen LogP contribution is -2.24. The zero-order valence-electron chi connectivity index (χ0n) is 12.7. The summed E-state index contributed by atoms with van der Waals surface area (Å²) < 4.78 is 7.13. The van der Waals surface area contributed by atoms with Gasteiger partial charge in [-0.3, -0.25) is 4.79 Å². The molecule has 5 nitrogen and oxygen atoms in total. The molecule has 0 saturated carbocycles. The Kier molecular flexibility index (Phi) is 4.73. The first-order valence-corrected chi connectivity index (χ1v) is 8.16. The van der Waals surface area contributed by atoms with Crippen LogP contribution in [0.4, 0.5) is 0 Å². The number of aromatic nitrogens is 2. The van der Waals surface area contributed by atoms with Crippen LogP contribution in [0.5, 0.6) is 0 Å². The van der Waals surface area contributed by atoms with Gasteiger partial charge >= 0.3 is 0 Å². The van der Waals surface area contributed by atoms with Crippen LogP contribution in [0.3, 0.4) is 0 Å². The SMILES string of the molecule is Cn1cc(-c2cccs2)nc1CCNC(=O)C=Cc1ccco1. The first-order chi connectivity index (χ1) is 11.2. The van der Waals surface area contributed by atoms with Gasteiger partial charge in [0.1, 0.15) is 11.6 Å². The average molecular weight is 327 g/mol. The van der Waals surface area contributed by atoms with Crippen molar-refractivity contribution in [3.05, 3.63) is 59.8 Å². The molecular formula is C17H17N3O2S. The van der Waals surface area contributed by atoms with Crippen molar-refractivity contribution in [1.29, 1.82) is 0 Å². The highest BCUT2D eigenvalue weighted by Gasteiger charge is 2.08. The van der Waals surface area contributed by atoms with Crippen molar-refractivity contribution in [2.45, 2.75) is 6.42 Å². The van der Waals surface area contributed by atoms with Crippen LogP contribution < -0.4 is 5.32 Å². The number of carbonyl (C=O) groups is 1. The summed E-state index contributed by atoms with van der Waals surface area (Å²) in [4.78, 5) is 17.5. The lowest BCUT2D eigenvalue weighted by Gasteiger charge is -2.02. The molecule has 0 atom stereocenters. The van der Waals surface area contributed by atoms with E-state index in [0.717, 1.165) is 16.4 Å². The van der Waals surface area contributed by atoms with Gasteiger partial charge in [-0.25, -0.2) is 4.98 Å². The molecule has 0 fully saturated rings. The molecule has 0 bridgehead atoms. The normalized spacial score (nSPS) is 11.2. The van der Waals surface area contributed by atoms with Crippen molar-refractivity contribution in [2.75, 3.05) is 6.54 Å². The highest BCUT2D eigenvalue weighted by Crippen LogP contribution is 2.23. The van der Waals surface area contributed by atoms with Crippen LogP contribution in [0.15, 0.2) is 52.6 Å². The summed E-state index contributed by atoms with van der Waals surface area (Å²) in [6, 6.07) is 7.64. The number of aryl methyl sites for hydroxylation is 1. The molecule has 3 rings (SSSR count). The summed E-state index contributed by atoms with van der Waals surface area (Å²) in [5, 5.41) is 4.88. The average Bonchev–Trinajstić information content (AvgIpc) is 3.28. The second-order valence-corrected chi connectivity index (χ2v) is 5.97. The van der Waals surface area contributed by atoms with Gasteiger partial charge in [-0.15, -0.1) is 11.3 Å². The maximum absolute atomic E-state index is 11.7. The molecule has 0 spiro atoms. The summed E-state index contributed by atoms with van der Waals surface area (Å²) in [6.07, 6.45) is 7.38. The van der Waals surface area contributed by atoms with Crippen molar-refractivity contribution in [2.24, 2.45) is 7.05 Å². The number of carbonyl (C=O) groups excluding carboxylic acids is 1. The third-order valence-corrected chi connectivity index (χ3v) is 4.23. The highest BCUT2D eigenvalue weighted by molar-refractivity contribution is 7.13. The van der Waals surface area contributed by atoms with Gasteiger partial charge in [-0.1, -0.05) is 6.07 Å². The van der Waals surface area contributed by atoms with Gasteiger partial charge in [0.25, 0.3) is 0 Å². The molecule has 0 saturated heterocycles. The minimum absolute atomic E-state index is 0.144. The second-order valence-electron chi connectivity index (χ2n) is 5.02. The Morgan fingerprint density at radius 2 is 2.35 bits per heavy atom. The summed E-state index contributed by atoms with van der Waals surface area (Å²) in [5.41, 5.74) is 0.974. The van der Waals surface area contributed by atoms with Gasteiger partial charge in [-0.05, 0) is 29.7 Å². The van der Waals surface area contributed by atoms with Gasteiger partial charge in [0.15, 0.2) is 0 Å². The van der Waals surface area contributed by atoms with E-state index in [1.54, 1.807) is 35.8 Å². The predicted molar refractivity (Wildman–Crippen MR) is 91.0 cm³/mol. The van der Waals surface area contributed by atoms with E-state index >= 15 is 0 Å². The molecule has 0 aliphatic rings. The number of hydrogen-bond donors (Lipinski definition) is 1. The van der Waals surface area contributed by atoms with Gasteiger partial charge in [0.2, 0.25) is 5.91 Å². The quantitative estimate of drug-likeness (QED) is 0.708. The Hall–Kier alpha value is -2.60. The molecule has 3 heterocycles. The lowest BCUT2D eigenvalue weighted by molar-refractivity contribution is -0.116. The molecule has 23 heavy (non-hydrogen) atoms. The van der Waals surface area contributed by atoms with E-state index in [0.29, 0.717) is 18.7 Å². The summed E-state index contributed by atoms with van der Waals surface area (Å²) in [5.74, 6) is 1.46. The van der Waals surface area contributed by atoms with Crippen LogP contribution in [0, 0.1) is 0 Å². The second kappa shape index (κ2) is 7.11. The monoisotopic (exact) mass is 327 g/mol. The Labute approximate surface area is 138 Å². The first kappa shape index (κ1) is 15.3. The molecular weight excluding hydrogens is 310 g/mol. The largest absolute Gasteiger partial charge is 0.465 e. The first-order valence-electron chi connectivity index (χ1n) is 7.28. The lowest BCUT2D eigenvalue weighted by atomic mass is 10.3. The van der Waals surface area contributed by atoms with Gasteiger partial charge < -0.3 is 14.3 Å². The van der Waals surface area contributed by atoms with Crippen molar-refractivity contribution in [1.82, 2.24) is 14.9 Å². The number of thiophene rings is 1. The standard InChI is InChI=1S/C17H17N3O2S/c1-20-12-14(15-5-3-11-23-15)19-16(20)8-9-18-17(21)7-6-13-4-2-10-22-13/h2-7,10-12H,8-9H2,1H3,(H,18,21). The number of hydrogen-bond acceptors (Lipinski definition) is 4. The van der Waals surface area contributed by atoms with Gasteiger partial charge in [0.05, 0.1) is 16.8 Å². The fourth-order valence-corrected chi connectivity index (χ4v) is 2.86. The maximum Gasteiger partial charge on any atom is 0.244 e. The number of nitrogens with one attached hydrogen (secondary N) is 1. The van der Waals surface area contributed by atoms with Crippen LogP contribution in [0.25, 0.3) is 16.6 Å². The summed E-state index contributed by atoms with van der Waals surface area (Å²) >= 11 is 1.67. The minimum atomic E-state index is -0.144. The Morgan fingerprint density at radius 3 is 3.09 bits per heavy atom. The van der Waals surface area contributed by atoms with E-state index in [2.05, 4.69) is 16.4 Å². The third-order valence-electron chi connectivity index (χ3n) is 3.34. The molecule has 0 aliphatic carbocycles. The minimum Gasteiger partial charge on any atom is -0.465 e. The molecule has 118 valence electrons. The number of amides is 1. The van der Waals surface area contributed by atoms with Crippen molar-refractivity contribution >= 4 is 23.3 Å². The molecule has 0 radical (unpaired) electrons. The fraction of sp³-hybridized carbons (Fsp3) is 0.176. The smallest absolute Gasteiger partial charge is 0.244 e. The number of imidazole rings is 1. The van der Waals surface area contributed by atoms with Crippen molar-refractivity contribution < 1.29 is 9.21 Å². The molecule has 1 N–H and O–H groups in total. The Bertz CT molecular complexity index is 786. The van der Waals surface area contributed by atoms with E-state index in [9.17, 15) is 4.79 Å². The van der Waals surface area contributed by atoms with Crippen LogP contribution in [0.1, 0.15) is 11.6 Å². The summed E-state index contributed by atoms with van der Waals surface area (Å²) in [7, 11) is 1.97. The van der Waals surface area contributed by atoms with Crippen molar-refractivity contribution in [3.8, 4) is 10.6 Å². The fourth-order valence-electron chi connectivity index (χ4n) is 2.18. The van der Waals surface area contributed by atoms with E-state index in [1.807, 2.05) is 29.3 Å².